The number of amides is 1. The van der Waals surface area contributed by atoms with E-state index in [2.05, 4.69) is 4.98 Å². The van der Waals surface area contributed by atoms with Crippen LogP contribution in [0.15, 0.2) is 42.7 Å². The standard InChI is InChI=1S/C18H21N3O3/c1-23-16-5-4-13(9-17(16)24-8-6-19)18(22)21-11-15(12-21)14-3-2-7-20-10-14/h2-5,7,9-10,15H,6,8,11-12,19H2,1H3. The summed E-state index contributed by atoms with van der Waals surface area (Å²) in [6.07, 6.45) is 3.62. The zero-order valence-corrected chi connectivity index (χ0v) is 13.6. The highest BCUT2D eigenvalue weighted by Gasteiger charge is 2.32. The third kappa shape index (κ3) is 3.33. The van der Waals surface area contributed by atoms with Crippen molar-refractivity contribution in [1.29, 1.82) is 0 Å². The maximum Gasteiger partial charge on any atom is 0.254 e. The van der Waals surface area contributed by atoms with Gasteiger partial charge in [-0.15, -0.1) is 0 Å². The predicted octanol–water partition coefficient (Wildman–Crippen LogP) is 1.67. The lowest BCUT2D eigenvalue weighted by Crippen LogP contribution is -2.48. The maximum absolute atomic E-state index is 12.6. The van der Waals surface area contributed by atoms with Crippen LogP contribution >= 0.6 is 0 Å². The first-order valence-corrected chi connectivity index (χ1v) is 7.93. The predicted molar refractivity (Wildman–Crippen MR) is 90.4 cm³/mol. The zero-order chi connectivity index (χ0) is 16.9. The van der Waals surface area contributed by atoms with Crippen molar-refractivity contribution in [2.75, 3.05) is 33.4 Å². The van der Waals surface area contributed by atoms with Gasteiger partial charge in [0, 0.05) is 43.5 Å². The molecule has 1 aromatic heterocycles. The molecule has 24 heavy (non-hydrogen) atoms. The van der Waals surface area contributed by atoms with Gasteiger partial charge >= 0.3 is 0 Å². The number of hydrogen-bond donors (Lipinski definition) is 1. The molecule has 3 rings (SSSR count). The number of carbonyl (C=O) groups is 1. The summed E-state index contributed by atoms with van der Waals surface area (Å²) >= 11 is 0. The monoisotopic (exact) mass is 327 g/mol. The van der Waals surface area contributed by atoms with Crippen LogP contribution in [-0.4, -0.2) is 49.1 Å². The van der Waals surface area contributed by atoms with Crippen LogP contribution in [0.2, 0.25) is 0 Å². The van der Waals surface area contributed by atoms with Gasteiger partial charge in [-0.05, 0) is 29.8 Å². The molecule has 1 saturated heterocycles. The fourth-order valence-corrected chi connectivity index (χ4v) is 2.75. The van der Waals surface area contributed by atoms with Crippen molar-refractivity contribution in [1.82, 2.24) is 9.88 Å². The Bertz CT molecular complexity index is 700. The van der Waals surface area contributed by atoms with E-state index < -0.39 is 0 Å². The Hall–Kier alpha value is -2.60. The molecule has 0 radical (unpaired) electrons. The lowest BCUT2D eigenvalue weighted by atomic mass is 9.92. The SMILES string of the molecule is COc1ccc(C(=O)N2CC(c3cccnc3)C2)cc1OCCN. The fraction of sp³-hybridized carbons (Fsp3) is 0.333. The van der Waals surface area contributed by atoms with Crippen molar-refractivity contribution < 1.29 is 14.3 Å². The molecule has 0 aliphatic carbocycles. The molecule has 6 heteroatoms. The summed E-state index contributed by atoms with van der Waals surface area (Å²) in [4.78, 5) is 18.6. The first kappa shape index (κ1) is 16.3. The van der Waals surface area contributed by atoms with E-state index in [9.17, 15) is 4.79 Å². The van der Waals surface area contributed by atoms with Crippen LogP contribution in [0, 0.1) is 0 Å². The molecule has 0 spiro atoms. The number of carbonyl (C=O) groups excluding carboxylic acids is 1. The van der Waals surface area contributed by atoms with Gasteiger partial charge in [0.05, 0.1) is 7.11 Å². The first-order chi connectivity index (χ1) is 11.7. The third-order valence-corrected chi connectivity index (χ3v) is 4.11. The van der Waals surface area contributed by atoms with Crippen molar-refractivity contribution in [3.63, 3.8) is 0 Å². The second-order valence-electron chi connectivity index (χ2n) is 5.70. The molecule has 2 N–H and O–H groups in total. The van der Waals surface area contributed by atoms with Crippen LogP contribution in [0.5, 0.6) is 11.5 Å². The Morgan fingerprint density at radius 1 is 1.33 bits per heavy atom. The summed E-state index contributed by atoms with van der Waals surface area (Å²) in [6, 6.07) is 9.19. The van der Waals surface area contributed by atoms with Crippen LogP contribution in [-0.2, 0) is 0 Å². The number of methoxy groups -OCH3 is 1. The summed E-state index contributed by atoms with van der Waals surface area (Å²) in [6.45, 7) is 2.19. The molecule has 2 heterocycles. The lowest BCUT2D eigenvalue weighted by molar-refractivity contribution is 0.0601. The molecule has 0 saturated carbocycles. The van der Waals surface area contributed by atoms with Crippen molar-refractivity contribution in [2.24, 2.45) is 5.73 Å². The van der Waals surface area contributed by atoms with E-state index in [0.29, 0.717) is 49.2 Å². The second kappa shape index (κ2) is 7.31. The quantitative estimate of drug-likeness (QED) is 0.873. The van der Waals surface area contributed by atoms with E-state index in [4.69, 9.17) is 15.2 Å². The lowest BCUT2D eigenvalue weighted by Gasteiger charge is -2.39. The topological polar surface area (TPSA) is 77.7 Å². The first-order valence-electron chi connectivity index (χ1n) is 7.93. The number of hydrogen-bond acceptors (Lipinski definition) is 5. The minimum absolute atomic E-state index is 0.00427. The van der Waals surface area contributed by atoms with Crippen molar-refractivity contribution >= 4 is 5.91 Å². The Labute approximate surface area is 141 Å². The Morgan fingerprint density at radius 2 is 2.17 bits per heavy atom. The van der Waals surface area contributed by atoms with E-state index >= 15 is 0 Å². The summed E-state index contributed by atoms with van der Waals surface area (Å²) in [5, 5.41) is 0. The van der Waals surface area contributed by atoms with Gasteiger partial charge < -0.3 is 20.1 Å². The van der Waals surface area contributed by atoms with Gasteiger partial charge in [0.2, 0.25) is 0 Å². The molecular formula is C18H21N3O3. The molecule has 1 aliphatic rings. The van der Waals surface area contributed by atoms with Crippen molar-refractivity contribution in [2.45, 2.75) is 5.92 Å². The van der Waals surface area contributed by atoms with Crippen LogP contribution in [0.4, 0.5) is 0 Å². The summed E-state index contributed by atoms with van der Waals surface area (Å²) in [7, 11) is 1.57. The van der Waals surface area contributed by atoms with Crippen LogP contribution in [0.1, 0.15) is 21.8 Å². The fourth-order valence-electron chi connectivity index (χ4n) is 2.75. The highest BCUT2D eigenvalue weighted by Crippen LogP contribution is 2.31. The average molecular weight is 327 g/mol. The van der Waals surface area contributed by atoms with E-state index in [1.807, 2.05) is 23.2 Å². The third-order valence-electron chi connectivity index (χ3n) is 4.11. The molecule has 6 nitrogen and oxygen atoms in total. The van der Waals surface area contributed by atoms with Gasteiger partial charge in [0.1, 0.15) is 6.61 Å². The van der Waals surface area contributed by atoms with E-state index in [1.54, 1.807) is 31.5 Å². The number of ether oxygens (including phenoxy) is 2. The molecule has 1 aromatic carbocycles. The largest absolute Gasteiger partial charge is 0.493 e. The molecule has 1 aliphatic heterocycles. The van der Waals surface area contributed by atoms with E-state index in [1.165, 1.54) is 5.56 Å². The summed E-state index contributed by atoms with van der Waals surface area (Å²) in [5.74, 6) is 1.49. The molecule has 0 unspecified atom stereocenters. The number of aromatic nitrogens is 1. The molecule has 2 aromatic rings. The smallest absolute Gasteiger partial charge is 0.254 e. The van der Waals surface area contributed by atoms with E-state index in [0.717, 1.165) is 0 Å². The minimum Gasteiger partial charge on any atom is -0.493 e. The van der Waals surface area contributed by atoms with Gasteiger partial charge in [0.15, 0.2) is 11.5 Å². The summed E-state index contributed by atoms with van der Waals surface area (Å²) in [5.41, 5.74) is 7.23. The van der Waals surface area contributed by atoms with Crippen molar-refractivity contribution in [3.8, 4) is 11.5 Å². The highest BCUT2D eigenvalue weighted by molar-refractivity contribution is 5.95. The van der Waals surface area contributed by atoms with Crippen molar-refractivity contribution in [3.05, 3.63) is 53.9 Å². The molecule has 0 bridgehead atoms. The molecule has 126 valence electrons. The van der Waals surface area contributed by atoms with E-state index in [-0.39, 0.29) is 5.91 Å². The zero-order valence-electron chi connectivity index (χ0n) is 13.6. The number of benzene rings is 1. The Balaban J connectivity index is 1.67. The van der Waals surface area contributed by atoms with Crippen LogP contribution in [0.3, 0.4) is 0 Å². The second-order valence-corrected chi connectivity index (χ2v) is 5.70. The number of likely N-dealkylation sites (tertiary alicyclic amines) is 1. The Morgan fingerprint density at radius 3 is 2.83 bits per heavy atom. The molecule has 1 amide bonds. The molecular weight excluding hydrogens is 306 g/mol. The van der Waals surface area contributed by atoms with Gasteiger partial charge in [0.25, 0.3) is 5.91 Å². The molecule has 0 atom stereocenters. The molecule has 1 fully saturated rings. The van der Waals surface area contributed by atoms with Crippen LogP contribution in [0.25, 0.3) is 0 Å². The number of pyridine rings is 1. The summed E-state index contributed by atoms with van der Waals surface area (Å²) < 4.78 is 10.8. The minimum atomic E-state index is -0.00427. The Kier molecular flexibility index (Phi) is 4.96. The average Bonchev–Trinajstić information content (AvgIpc) is 2.59. The van der Waals surface area contributed by atoms with Gasteiger partial charge in [-0.1, -0.05) is 6.07 Å². The normalized spacial score (nSPS) is 14.2. The number of nitrogens with two attached hydrogens (primary N) is 1. The van der Waals surface area contributed by atoms with Crippen LogP contribution < -0.4 is 15.2 Å². The highest BCUT2D eigenvalue weighted by atomic mass is 16.5. The number of nitrogens with zero attached hydrogens (tertiary/aromatic N) is 2. The number of rotatable bonds is 6. The maximum atomic E-state index is 12.6. The van der Waals surface area contributed by atoms with Gasteiger partial charge in [-0.3, -0.25) is 9.78 Å². The van der Waals surface area contributed by atoms with Gasteiger partial charge in [-0.25, -0.2) is 0 Å². The van der Waals surface area contributed by atoms with Gasteiger partial charge in [-0.2, -0.15) is 0 Å².